The van der Waals surface area contributed by atoms with Gasteiger partial charge in [0.2, 0.25) is 0 Å². The van der Waals surface area contributed by atoms with E-state index in [4.69, 9.17) is 4.74 Å². The van der Waals surface area contributed by atoms with E-state index in [9.17, 15) is 0 Å². The zero-order valence-corrected chi connectivity index (χ0v) is 22.7. The zero-order chi connectivity index (χ0) is 23.6. The molecule has 4 saturated heterocycles. The van der Waals surface area contributed by atoms with Gasteiger partial charge in [-0.25, -0.2) is 0 Å². The van der Waals surface area contributed by atoms with Crippen molar-refractivity contribution < 1.29 is 4.74 Å². The summed E-state index contributed by atoms with van der Waals surface area (Å²) in [5.41, 5.74) is 0.476. The van der Waals surface area contributed by atoms with Crippen LogP contribution in [-0.4, -0.2) is 133 Å². The number of piperidine rings is 2. The number of likely N-dealkylation sites (tertiary alicyclic amines) is 2. The molecule has 0 radical (unpaired) electrons. The molecule has 4 aliphatic heterocycles. The van der Waals surface area contributed by atoms with E-state index in [-0.39, 0.29) is 11.1 Å². The molecule has 6 heteroatoms. The summed E-state index contributed by atoms with van der Waals surface area (Å²) in [7, 11) is 2.26. The van der Waals surface area contributed by atoms with Crippen molar-refractivity contribution in [3.8, 4) is 0 Å². The predicted octanol–water partition coefficient (Wildman–Crippen LogP) is 2.83. The maximum absolute atomic E-state index is 6.38. The Kier molecular flexibility index (Phi) is 8.45. The van der Waals surface area contributed by atoms with Crippen LogP contribution in [0.3, 0.4) is 0 Å². The third kappa shape index (κ3) is 6.71. The van der Waals surface area contributed by atoms with Crippen molar-refractivity contribution in [3.63, 3.8) is 0 Å². The molecule has 3 atom stereocenters. The Labute approximate surface area is 204 Å². The lowest BCUT2D eigenvalue weighted by Gasteiger charge is -2.50. The number of likely N-dealkylation sites (N-methyl/N-ethyl adjacent to an activating group) is 1. The van der Waals surface area contributed by atoms with E-state index in [0.29, 0.717) is 12.1 Å². The van der Waals surface area contributed by atoms with E-state index < -0.39 is 0 Å². The van der Waals surface area contributed by atoms with Gasteiger partial charge >= 0.3 is 0 Å². The van der Waals surface area contributed by atoms with E-state index >= 15 is 0 Å². The highest BCUT2D eigenvalue weighted by Crippen LogP contribution is 2.30. The van der Waals surface area contributed by atoms with Gasteiger partial charge < -0.3 is 9.64 Å². The maximum atomic E-state index is 6.38. The molecule has 4 rings (SSSR count). The molecule has 192 valence electrons. The summed E-state index contributed by atoms with van der Waals surface area (Å²) < 4.78 is 6.38. The van der Waals surface area contributed by atoms with Gasteiger partial charge in [-0.05, 0) is 86.9 Å². The fraction of sp³-hybridized carbons (Fsp3) is 1.00. The van der Waals surface area contributed by atoms with Crippen molar-refractivity contribution in [2.75, 3.05) is 79.1 Å². The summed E-state index contributed by atoms with van der Waals surface area (Å²) in [6, 6.07) is 1.44. The van der Waals surface area contributed by atoms with Crippen molar-refractivity contribution >= 4 is 0 Å². The van der Waals surface area contributed by atoms with E-state index in [0.717, 1.165) is 32.2 Å². The van der Waals surface area contributed by atoms with Crippen LogP contribution in [0.2, 0.25) is 0 Å². The third-order valence-corrected chi connectivity index (χ3v) is 9.07. The van der Waals surface area contributed by atoms with E-state index in [2.05, 4.69) is 66.2 Å². The second-order valence-corrected chi connectivity index (χ2v) is 13.0. The fourth-order valence-corrected chi connectivity index (χ4v) is 6.74. The molecular weight excluding hydrogens is 410 g/mol. The average molecular weight is 464 g/mol. The minimum absolute atomic E-state index is 0.197. The monoisotopic (exact) mass is 463 g/mol. The average Bonchev–Trinajstić information content (AvgIpc) is 2.79. The number of nitrogens with zero attached hydrogens (tertiary/aromatic N) is 5. The van der Waals surface area contributed by atoms with Gasteiger partial charge in [0, 0.05) is 75.5 Å². The SMILES string of the molecule is CN1CCN(C2CCCN(C(C)(C)CC3CN(C4CCCN(C(C)(C)C)C4)CCO3)C2)CC1. The topological polar surface area (TPSA) is 25.4 Å². The smallest absolute Gasteiger partial charge is 0.0720 e. The lowest BCUT2D eigenvalue weighted by atomic mass is 9.89. The lowest BCUT2D eigenvalue weighted by Crippen LogP contribution is -2.60. The summed E-state index contributed by atoms with van der Waals surface area (Å²) in [5, 5.41) is 0. The van der Waals surface area contributed by atoms with Gasteiger partial charge in [-0.1, -0.05) is 0 Å². The summed E-state index contributed by atoms with van der Waals surface area (Å²) in [4.78, 5) is 13.5. The highest BCUT2D eigenvalue weighted by atomic mass is 16.5. The number of piperazine rings is 1. The summed E-state index contributed by atoms with van der Waals surface area (Å²) in [5.74, 6) is 0. The minimum Gasteiger partial charge on any atom is -0.375 e. The molecule has 33 heavy (non-hydrogen) atoms. The third-order valence-electron chi connectivity index (χ3n) is 9.07. The van der Waals surface area contributed by atoms with Gasteiger partial charge in [0.1, 0.15) is 0 Å². The van der Waals surface area contributed by atoms with E-state index in [1.54, 1.807) is 0 Å². The van der Waals surface area contributed by atoms with Crippen LogP contribution in [0.25, 0.3) is 0 Å². The molecule has 0 aliphatic carbocycles. The molecule has 0 aromatic carbocycles. The molecule has 0 spiro atoms. The zero-order valence-electron chi connectivity index (χ0n) is 22.7. The van der Waals surface area contributed by atoms with Crippen LogP contribution in [-0.2, 0) is 4.74 Å². The molecule has 0 aromatic rings. The second-order valence-electron chi connectivity index (χ2n) is 13.0. The number of hydrogen-bond acceptors (Lipinski definition) is 6. The Bertz CT molecular complexity index is 612. The molecule has 4 fully saturated rings. The predicted molar refractivity (Wildman–Crippen MR) is 138 cm³/mol. The highest BCUT2D eigenvalue weighted by molar-refractivity contribution is 4.94. The quantitative estimate of drug-likeness (QED) is 0.622. The standard InChI is InChI=1S/C27H53N5O/c1-26(2,3)31-11-7-10-24(20-31)30-17-18-33-25(22-30)19-27(4,5)32-12-8-9-23(21-32)29-15-13-28(6)14-16-29/h23-25H,7-22H2,1-6H3. The van der Waals surface area contributed by atoms with Gasteiger partial charge in [-0.15, -0.1) is 0 Å². The molecule has 0 aromatic heterocycles. The Hall–Kier alpha value is -0.240. The molecule has 0 amide bonds. The molecule has 3 unspecified atom stereocenters. The van der Waals surface area contributed by atoms with Gasteiger partial charge in [-0.3, -0.25) is 19.6 Å². The minimum atomic E-state index is 0.197. The molecule has 0 bridgehead atoms. The summed E-state index contributed by atoms with van der Waals surface area (Å²) in [6.45, 7) is 25.1. The first-order chi connectivity index (χ1) is 15.6. The van der Waals surface area contributed by atoms with Gasteiger partial charge in [0.05, 0.1) is 12.7 Å². The van der Waals surface area contributed by atoms with Crippen LogP contribution in [0.15, 0.2) is 0 Å². The van der Waals surface area contributed by atoms with Crippen molar-refractivity contribution in [3.05, 3.63) is 0 Å². The normalized spacial score (nSPS) is 33.5. The van der Waals surface area contributed by atoms with Crippen LogP contribution in [0.1, 0.15) is 66.7 Å². The number of rotatable bonds is 5. The molecule has 4 heterocycles. The van der Waals surface area contributed by atoms with Gasteiger partial charge in [0.15, 0.2) is 0 Å². The lowest BCUT2D eigenvalue weighted by molar-refractivity contribution is -0.0830. The molecular formula is C27H53N5O. The van der Waals surface area contributed by atoms with Crippen molar-refractivity contribution in [1.82, 2.24) is 24.5 Å². The van der Waals surface area contributed by atoms with Crippen LogP contribution in [0.4, 0.5) is 0 Å². The molecule has 0 saturated carbocycles. The van der Waals surface area contributed by atoms with Crippen molar-refractivity contribution in [2.45, 2.75) is 96.0 Å². The Morgan fingerprint density at radius 3 is 1.97 bits per heavy atom. The Morgan fingerprint density at radius 2 is 1.30 bits per heavy atom. The summed E-state index contributed by atoms with van der Waals surface area (Å²) in [6.07, 6.45) is 6.90. The molecule has 4 aliphatic rings. The van der Waals surface area contributed by atoms with Crippen molar-refractivity contribution in [2.24, 2.45) is 0 Å². The molecule has 0 N–H and O–H groups in total. The van der Waals surface area contributed by atoms with Crippen LogP contribution in [0, 0.1) is 0 Å². The first kappa shape index (κ1) is 25.8. The number of hydrogen-bond donors (Lipinski definition) is 0. The van der Waals surface area contributed by atoms with Crippen molar-refractivity contribution in [1.29, 1.82) is 0 Å². The Balaban J connectivity index is 1.31. The van der Waals surface area contributed by atoms with Crippen LogP contribution in [0.5, 0.6) is 0 Å². The highest BCUT2D eigenvalue weighted by Gasteiger charge is 2.38. The number of ether oxygens (including phenoxy) is 1. The molecule has 6 nitrogen and oxygen atoms in total. The van der Waals surface area contributed by atoms with Gasteiger partial charge in [0.25, 0.3) is 0 Å². The summed E-state index contributed by atoms with van der Waals surface area (Å²) >= 11 is 0. The van der Waals surface area contributed by atoms with Crippen LogP contribution < -0.4 is 0 Å². The maximum Gasteiger partial charge on any atom is 0.0720 e. The largest absolute Gasteiger partial charge is 0.375 e. The fourth-order valence-electron chi connectivity index (χ4n) is 6.74. The van der Waals surface area contributed by atoms with Crippen LogP contribution >= 0.6 is 0 Å². The van der Waals surface area contributed by atoms with E-state index in [1.807, 2.05) is 0 Å². The Morgan fingerprint density at radius 1 is 0.697 bits per heavy atom. The first-order valence-electron chi connectivity index (χ1n) is 13.9. The van der Waals surface area contributed by atoms with E-state index in [1.165, 1.54) is 78.0 Å². The van der Waals surface area contributed by atoms with Gasteiger partial charge in [-0.2, -0.15) is 0 Å². The first-order valence-corrected chi connectivity index (χ1v) is 13.9. The second kappa shape index (κ2) is 10.8. The number of morpholine rings is 1.